The first-order chi connectivity index (χ1) is 14.1. The van der Waals surface area contributed by atoms with Gasteiger partial charge in [0.25, 0.3) is 28.9 Å². The minimum Gasteiger partial charge on any atom is -0.182 e. The highest BCUT2D eigenvalue weighted by atomic mass is 35.5. The summed E-state index contributed by atoms with van der Waals surface area (Å²) in [6.45, 7) is 6.08. The van der Waals surface area contributed by atoms with Gasteiger partial charge in [0, 0.05) is 38.1 Å². The van der Waals surface area contributed by atoms with E-state index in [1.54, 1.807) is 0 Å². The third-order valence-corrected chi connectivity index (χ3v) is 6.66. The topological polar surface area (TPSA) is 9.90 Å². The van der Waals surface area contributed by atoms with Crippen LogP contribution < -0.4 is 4.57 Å². The van der Waals surface area contributed by atoms with Gasteiger partial charge in [0.1, 0.15) is 10.0 Å². The number of halogens is 2. The molecule has 5 rings (SSSR count). The van der Waals surface area contributed by atoms with Gasteiger partial charge in [-0.05, 0) is 18.2 Å². The van der Waals surface area contributed by atoms with Gasteiger partial charge in [-0.25, -0.2) is 0 Å². The Morgan fingerprint density at radius 2 is 1.10 bits per heavy atom. The number of para-hydroxylation sites is 2. The summed E-state index contributed by atoms with van der Waals surface area (Å²) in [6.07, 6.45) is 0. The maximum Gasteiger partial charge on any atom is 0.275 e. The molecule has 0 amide bonds. The molecule has 144 valence electrons. The number of hydrogen-bond donors (Lipinski definition) is 0. The normalized spacial score (nSPS) is 16.3. The van der Waals surface area contributed by atoms with E-state index in [2.05, 4.69) is 57.9 Å². The molecule has 3 heterocycles. The largest absolute Gasteiger partial charge is 0.275 e. The number of rotatable bonds is 2. The summed E-state index contributed by atoms with van der Waals surface area (Å²) in [6, 6.07) is 23.0. The summed E-state index contributed by atoms with van der Waals surface area (Å²) >= 11 is 13.1. The van der Waals surface area contributed by atoms with Crippen LogP contribution in [0.2, 0.25) is 10.0 Å². The van der Waals surface area contributed by atoms with Crippen molar-refractivity contribution in [2.75, 3.05) is 13.1 Å². The highest BCUT2D eigenvalue weighted by Crippen LogP contribution is 2.31. The lowest BCUT2D eigenvalue weighted by Crippen LogP contribution is -2.61. The summed E-state index contributed by atoms with van der Waals surface area (Å²) < 4.78 is 7.17. The van der Waals surface area contributed by atoms with Crippen molar-refractivity contribution in [1.29, 1.82) is 0 Å². The van der Waals surface area contributed by atoms with Crippen LogP contribution in [-0.2, 0) is 0 Å². The number of nitrogens with zero attached hydrogens (tertiary/aromatic N) is 3. The van der Waals surface area contributed by atoms with Crippen molar-refractivity contribution < 1.29 is 13.7 Å². The Balaban J connectivity index is 1.71. The Morgan fingerprint density at radius 3 is 1.55 bits per heavy atom. The first-order valence-electron chi connectivity index (χ1n) is 9.83. The molecule has 0 fully saturated rings. The fourth-order valence-corrected chi connectivity index (χ4v) is 5.07. The van der Waals surface area contributed by atoms with Gasteiger partial charge in [0.2, 0.25) is 24.5 Å². The average molecular weight is 423 g/mol. The minimum absolute atomic E-state index is 0.279. The van der Waals surface area contributed by atoms with E-state index in [-0.39, 0.29) is 6.04 Å². The Labute approximate surface area is 180 Å². The van der Waals surface area contributed by atoms with Gasteiger partial charge in [-0.2, -0.15) is 13.7 Å². The van der Waals surface area contributed by atoms with Gasteiger partial charge in [-0.3, -0.25) is 0 Å². The van der Waals surface area contributed by atoms with E-state index in [9.17, 15) is 0 Å². The summed E-state index contributed by atoms with van der Waals surface area (Å²) in [4.78, 5) is 0. The van der Waals surface area contributed by atoms with Crippen molar-refractivity contribution in [1.82, 2.24) is 0 Å². The molecule has 0 saturated heterocycles. The van der Waals surface area contributed by atoms with Crippen LogP contribution in [0.1, 0.15) is 31.3 Å². The molecule has 2 aromatic carbocycles. The molecule has 0 bridgehead atoms. The van der Waals surface area contributed by atoms with Crippen molar-refractivity contribution in [3.8, 4) is 0 Å². The van der Waals surface area contributed by atoms with Gasteiger partial charge < -0.3 is 0 Å². The second kappa shape index (κ2) is 7.08. The third kappa shape index (κ3) is 2.92. The van der Waals surface area contributed by atoms with Gasteiger partial charge >= 0.3 is 0 Å². The second-order valence-corrected chi connectivity index (χ2v) is 8.43. The Morgan fingerprint density at radius 1 is 0.655 bits per heavy atom. The fourth-order valence-electron chi connectivity index (χ4n) is 4.60. The van der Waals surface area contributed by atoms with Gasteiger partial charge in [0.15, 0.2) is 0 Å². The van der Waals surface area contributed by atoms with E-state index in [0.29, 0.717) is 0 Å². The summed E-state index contributed by atoms with van der Waals surface area (Å²) in [5.74, 6) is 0. The SMILES string of the molecule is CC1=[N+](c2ccccc2Cl)CC2C[N+](c3ccccc3Cl)=C(C)c3cccc1[n+]32. The monoisotopic (exact) mass is 422 g/mol. The lowest BCUT2D eigenvalue weighted by atomic mass is 10.0. The van der Waals surface area contributed by atoms with Gasteiger partial charge in [-0.1, -0.05) is 47.5 Å². The van der Waals surface area contributed by atoms with E-state index in [4.69, 9.17) is 23.2 Å². The molecule has 5 heteroatoms. The molecule has 29 heavy (non-hydrogen) atoms. The summed E-state index contributed by atoms with van der Waals surface area (Å²) in [7, 11) is 0. The zero-order valence-corrected chi connectivity index (χ0v) is 18.0. The summed E-state index contributed by atoms with van der Waals surface area (Å²) in [5, 5.41) is 1.55. The molecule has 0 aliphatic carbocycles. The van der Waals surface area contributed by atoms with E-state index in [1.165, 1.54) is 22.8 Å². The number of aromatic nitrogens is 1. The standard InChI is InChI=1S/C24H22Cl2N3/c1-16-21-12-7-13-22-17(2)28(24-11-6-4-9-20(24)26)15-18(29(21)22)14-27(16)23-10-5-3-8-19(23)25/h3-13,18H,14-15H2,1-2H3/q+3. The molecule has 1 aromatic heterocycles. The highest BCUT2D eigenvalue weighted by Gasteiger charge is 2.48. The van der Waals surface area contributed by atoms with Crippen LogP contribution in [0.4, 0.5) is 11.4 Å². The molecule has 3 nitrogen and oxygen atoms in total. The number of hydrogen-bond acceptors (Lipinski definition) is 0. The van der Waals surface area contributed by atoms with Crippen LogP contribution in [0.3, 0.4) is 0 Å². The molecule has 0 atom stereocenters. The lowest BCUT2D eigenvalue weighted by Gasteiger charge is -2.24. The van der Waals surface area contributed by atoms with Crippen LogP contribution in [0, 0.1) is 0 Å². The molecule has 3 aromatic rings. The molecule has 0 unspecified atom stereocenters. The minimum atomic E-state index is 0.279. The van der Waals surface area contributed by atoms with E-state index in [0.717, 1.165) is 34.5 Å². The maximum atomic E-state index is 6.56. The van der Waals surface area contributed by atoms with Gasteiger partial charge in [-0.15, -0.1) is 0 Å². The molecular weight excluding hydrogens is 401 g/mol. The number of benzene rings is 2. The quantitative estimate of drug-likeness (QED) is 0.505. The molecule has 0 spiro atoms. The van der Waals surface area contributed by atoms with Crippen LogP contribution in [0.25, 0.3) is 0 Å². The van der Waals surface area contributed by atoms with Crippen molar-refractivity contribution in [2.24, 2.45) is 0 Å². The third-order valence-electron chi connectivity index (χ3n) is 6.02. The van der Waals surface area contributed by atoms with Crippen molar-refractivity contribution in [3.05, 3.63) is 88.2 Å². The van der Waals surface area contributed by atoms with E-state index in [1.807, 2.05) is 36.4 Å². The lowest BCUT2D eigenvalue weighted by molar-refractivity contribution is -0.781. The first kappa shape index (κ1) is 18.5. The molecule has 0 saturated carbocycles. The Hall–Kier alpha value is -2.49. The zero-order valence-electron chi connectivity index (χ0n) is 16.4. The predicted octanol–water partition coefficient (Wildman–Crippen LogP) is 5.16. The average Bonchev–Trinajstić information content (AvgIpc) is 2.73. The molecule has 2 aliphatic rings. The number of pyridine rings is 1. The van der Waals surface area contributed by atoms with Crippen LogP contribution in [-0.4, -0.2) is 33.7 Å². The molecule has 0 N–H and O–H groups in total. The van der Waals surface area contributed by atoms with Crippen LogP contribution in [0.15, 0.2) is 66.7 Å². The maximum absolute atomic E-state index is 6.56. The van der Waals surface area contributed by atoms with Crippen LogP contribution in [0.5, 0.6) is 0 Å². The van der Waals surface area contributed by atoms with Gasteiger partial charge in [0.05, 0.1) is 0 Å². The Kier molecular flexibility index (Phi) is 4.53. The smallest absolute Gasteiger partial charge is 0.182 e. The Bertz CT molecular complexity index is 1120. The van der Waals surface area contributed by atoms with Crippen molar-refractivity contribution in [3.63, 3.8) is 0 Å². The molecule has 0 radical (unpaired) electrons. The zero-order chi connectivity index (χ0) is 20.1. The van der Waals surface area contributed by atoms with Crippen LogP contribution >= 0.6 is 23.2 Å². The van der Waals surface area contributed by atoms with Crippen molar-refractivity contribution in [2.45, 2.75) is 19.9 Å². The summed E-state index contributed by atoms with van der Waals surface area (Å²) in [5.41, 5.74) is 7.01. The van der Waals surface area contributed by atoms with E-state index >= 15 is 0 Å². The predicted molar refractivity (Wildman–Crippen MR) is 118 cm³/mol. The highest BCUT2D eigenvalue weighted by molar-refractivity contribution is 6.33. The van der Waals surface area contributed by atoms with E-state index < -0.39 is 0 Å². The second-order valence-electron chi connectivity index (χ2n) is 7.61. The fraction of sp³-hybridized carbons (Fsp3) is 0.208. The molecular formula is C24H22Cl2N3+3. The molecule has 2 aliphatic heterocycles. The van der Waals surface area contributed by atoms with Crippen molar-refractivity contribution >= 4 is 46.0 Å². The first-order valence-corrected chi connectivity index (χ1v) is 10.6.